The lowest BCUT2D eigenvalue weighted by Gasteiger charge is -2.07. The average molecular weight is 506 g/mol. The molecular formula is C29H24FN7O. The molecule has 0 aliphatic heterocycles. The van der Waals surface area contributed by atoms with Crippen molar-refractivity contribution in [3.63, 3.8) is 0 Å². The van der Waals surface area contributed by atoms with E-state index in [0.717, 1.165) is 46.0 Å². The lowest BCUT2D eigenvalue weighted by molar-refractivity contribution is -0.116. The normalized spacial score (nSPS) is 11.3. The number of hydrogen-bond acceptors (Lipinski definition) is 5. The van der Waals surface area contributed by atoms with Gasteiger partial charge in [-0.2, -0.15) is 5.10 Å². The third kappa shape index (κ3) is 4.39. The van der Waals surface area contributed by atoms with E-state index in [-0.39, 0.29) is 11.7 Å². The van der Waals surface area contributed by atoms with Gasteiger partial charge in [-0.15, -0.1) is 0 Å². The van der Waals surface area contributed by atoms with Gasteiger partial charge >= 0.3 is 0 Å². The van der Waals surface area contributed by atoms with Crippen LogP contribution in [0.3, 0.4) is 0 Å². The largest absolute Gasteiger partial charge is 0.338 e. The monoisotopic (exact) mass is 505 g/mol. The number of benzene rings is 1. The number of aromatic nitrogens is 6. The molecule has 188 valence electrons. The van der Waals surface area contributed by atoms with Crippen LogP contribution in [0.15, 0.2) is 73.3 Å². The number of carbonyl (C=O) groups excluding carboxylic acids is 1. The summed E-state index contributed by atoms with van der Waals surface area (Å²) < 4.78 is 14.6. The fourth-order valence-electron chi connectivity index (χ4n) is 4.56. The predicted molar refractivity (Wildman–Crippen MR) is 146 cm³/mol. The number of unbranched alkanes of at least 4 members (excludes halogenated alkanes) is 1. The van der Waals surface area contributed by atoms with Crippen LogP contribution in [0.2, 0.25) is 0 Å². The van der Waals surface area contributed by atoms with Gasteiger partial charge in [0.05, 0.1) is 35.0 Å². The van der Waals surface area contributed by atoms with Crippen molar-refractivity contribution in [3.8, 4) is 33.8 Å². The lowest BCUT2D eigenvalue weighted by atomic mass is 10.0. The standard InChI is InChI=1S/C29H24FN7O/c1-2-3-8-27(38)34-18-11-17(14-31-15-18)24-13-22-26(16-33-24)36-37-28(22)25-12-21-19(9-10-32-29(21)35-25)20-6-4-5-7-23(20)30/h4-7,9-16H,2-3,8H2,1H3,(H,32,35)(H,34,38)(H,36,37). The molecule has 0 bridgehead atoms. The lowest BCUT2D eigenvalue weighted by Crippen LogP contribution is -2.11. The Kier molecular flexibility index (Phi) is 6.09. The zero-order chi connectivity index (χ0) is 26.1. The maximum Gasteiger partial charge on any atom is 0.224 e. The number of amides is 1. The number of nitrogens with zero attached hydrogens (tertiary/aromatic N) is 4. The first-order chi connectivity index (χ1) is 18.6. The first-order valence-electron chi connectivity index (χ1n) is 12.4. The molecule has 0 aliphatic carbocycles. The van der Waals surface area contributed by atoms with E-state index >= 15 is 0 Å². The fourth-order valence-corrected chi connectivity index (χ4v) is 4.56. The van der Waals surface area contributed by atoms with E-state index in [1.54, 1.807) is 36.9 Å². The SMILES string of the molecule is CCCCC(=O)Nc1cncc(-c2cc3c(-c4cc5c(-c6ccccc6F)ccnc5[nH]4)n[nH]c3cn2)c1. The number of hydrogen-bond donors (Lipinski definition) is 3. The summed E-state index contributed by atoms with van der Waals surface area (Å²) in [6.45, 7) is 2.05. The van der Waals surface area contributed by atoms with Crippen LogP contribution in [0.1, 0.15) is 26.2 Å². The minimum atomic E-state index is -0.291. The van der Waals surface area contributed by atoms with Crippen LogP contribution in [0.25, 0.3) is 55.7 Å². The Morgan fingerprint density at radius 2 is 1.89 bits per heavy atom. The molecule has 5 heterocycles. The minimum absolute atomic E-state index is 0.0338. The summed E-state index contributed by atoms with van der Waals surface area (Å²) in [6, 6.07) is 14.2. The fraction of sp³-hybridized carbons (Fsp3) is 0.138. The molecule has 0 unspecified atom stereocenters. The molecule has 8 nitrogen and oxygen atoms in total. The molecule has 0 aliphatic rings. The molecule has 0 saturated heterocycles. The smallest absolute Gasteiger partial charge is 0.224 e. The summed E-state index contributed by atoms with van der Waals surface area (Å²) in [5.41, 5.74) is 6.20. The van der Waals surface area contributed by atoms with Crippen molar-refractivity contribution >= 4 is 33.5 Å². The maximum atomic E-state index is 14.6. The summed E-state index contributed by atoms with van der Waals surface area (Å²) in [7, 11) is 0. The molecule has 0 atom stereocenters. The van der Waals surface area contributed by atoms with Crippen molar-refractivity contribution in [2.24, 2.45) is 0 Å². The second kappa shape index (κ2) is 9.85. The van der Waals surface area contributed by atoms with Crippen LogP contribution in [0.4, 0.5) is 10.1 Å². The van der Waals surface area contributed by atoms with Gasteiger partial charge in [-0.3, -0.25) is 19.9 Å². The molecule has 1 aromatic carbocycles. The number of halogens is 1. The highest BCUT2D eigenvalue weighted by Crippen LogP contribution is 2.35. The van der Waals surface area contributed by atoms with E-state index in [0.29, 0.717) is 34.7 Å². The number of nitrogens with one attached hydrogen (secondary N) is 3. The third-order valence-electron chi connectivity index (χ3n) is 6.47. The minimum Gasteiger partial charge on any atom is -0.338 e. The van der Waals surface area contributed by atoms with Crippen molar-refractivity contribution in [2.45, 2.75) is 26.2 Å². The molecule has 6 rings (SSSR count). The second-order valence-corrected chi connectivity index (χ2v) is 9.09. The molecule has 9 heteroatoms. The van der Waals surface area contributed by atoms with Gasteiger partial charge in [0.25, 0.3) is 0 Å². The topological polar surface area (TPSA) is 112 Å². The van der Waals surface area contributed by atoms with Gasteiger partial charge in [0, 0.05) is 40.7 Å². The van der Waals surface area contributed by atoms with Gasteiger partial charge in [0.2, 0.25) is 5.91 Å². The third-order valence-corrected chi connectivity index (χ3v) is 6.47. The number of rotatable bonds is 7. The average Bonchev–Trinajstić information content (AvgIpc) is 3.56. The van der Waals surface area contributed by atoms with Crippen molar-refractivity contribution in [2.75, 3.05) is 5.32 Å². The highest BCUT2D eigenvalue weighted by molar-refractivity contribution is 6.00. The zero-order valence-corrected chi connectivity index (χ0v) is 20.6. The van der Waals surface area contributed by atoms with Gasteiger partial charge in [0.15, 0.2) is 0 Å². The van der Waals surface area contributed by atoms with Crippen LogP contribution in [-0.2, 0) is 4.79 Å². The molecule has 3 N–H and O–H groups in total. The van der Waals surface area contributed by atoms with E-state index in [2.05, 4.69) is 42.4 Å². The van der Waals surface area contributed by atoms with E-state index < -0.39 is 0 Å². The van der Waals surface area contributed by atoms with Gasteiger partial charge < -0.3 is 10.3 Å². The van der Waals surface area contributed by atoms with Gasteiger partial charge in [-0.05, 0) is 42.3 Å². The first-order valence-corrected chi connectivity index (χ1v) is 12.4. The van der Waals surface area contributed by atoms with Crippen molar-refractivity contribution in [3.05, 3.63) is 79.1 Å². The Bertz CT molecular complexity index is 1790. The Morgan fingerprint density at radius 1 is 1.00 bits per heavy atom. The molecule has 0 spiro atoms. The maximum absolute atomic E-state index is 14.6. The van der Waals surface area contributed by atoms with Crippen LogP contribution in [-0.4, -0.2) is 36.0 Å². The molecule has 0 fully saturated rings. The Morgan fingerprint density at radius 3 is 2.76 bits per heavy atom. The number of H-pyrrole nitrogens is 2. The van der Waals surface area contributed by atoms with E-state index in [9.17, 15) is 9.18 Å². The molecule has 38 heavy (non-hydrogen) atoms. The van der Waals surface area contributed by atoms with Crippen molar-refractivity contribution in [1.29, 1.82) is 0 Å². The molecular weight excluding hydrogens is 481 g/mol. The Hall–Kier alpha value is -4.92. The van der Waals surface area contributed by atoms with Crippen LogP contribution in [0, 0.1) is 5.82 Å². The summed E-state index contributed by atoms with van der Waals surface area (Å²) in [5.74, 6) is -0.324. The van der Waals surface area contributed by atoms with E-state index in [4.69, 9.17) is 0 Å². The Balaban J connectivity index is 1.38. The molecule has 0 radical (unpaired) electrons. The number of carbonyl (C=O) groups is 1. The summed E-state index contributed by atoms with van der Waals surface area (Å²) in [4.78, 5) is 28.8. The Labute approximate surface area is 217 Å². The number of fused-ring (bicyclic) bond motifs is 2. The van der Waals surface area contributed by atoms with Crippen molar-refractivity contribution < 1.29 is 9.18 Å². The van der Waals surface area contributed by atoms with E-state index in [1.165, 1.54) is 6.07 Å². The van der Waals surface area contributed by atoms with Gasteiger partial charge in [-0.1, -0.05) is 31.5 Å². The second-order valence-electron chi connectivity index (χ2n) is 9.09. The quantitative estimate of drug-likeness (QED) is 0.229. The van der Waals surface area contributed by atoms with Crippen LogP contribution >= 0.6 is 0 Å². The molecule has 5 aromatic heterocycles. The zero-order valence-electron chi connectivity index (χ0n) is 20.6. The summed E-state index contributed by atoms with van der Waals surface area (Å²) in [5, 5.41) is 12.1. The van der Waals surface area contributed by atoms with Gasteiger partial charge in [-0.25, -0.2) is 9.37 Å². The number of anilines is 1. The number of pyridine rings is 3. The van der Waals surface area contributed by atoms with Gasteiger partial charge in [0.1, 0.15) is 17.2 Å². The summed E-state index contributed by atoms with van der Waals surface area (Å²) >= 11 is 0. The van der Waals surface area contributed by atoms with Crippen molar-refractivity contribution in [1.82, 2.24) is 30.1 Å². The number of aromatic amines is 2. The summed E-state index contributed by atoms with van der Waals surface area (Å²) in [6.07, 6.45) is 8.99. The van der Waals surface area contributed by atoms with Crippen LogP contribution < -0.4 is 5.32 Å². The molecule has 6 aromatic rings. The molecule has 0 saturated carbocycles. The van der Waals surface area contributed by atoms with E-state index in [1.807, 2.05) is 30.3 Å². The first kappa shape index (κ1) is 23.5. The molecule has 1 amide bonds. The predicted octanol–water partition coefficient (Wildman–Crippen LogP) is 6.50. The highest BCUT2D eigenvalue weighted by Gasteiger charge is 2.16. The highest BCUT2D eigenvalue weighted by atomic mass is 19.1. The van der Waals surface area contributed by atoms with Crippen LogP contribution in [0.5, 0.6) is 0 Å².